The molecule has 1 aromatic rings. The van der Waals surface area contributed by atoms with Crippen molar-refractivity contribution in [3.8, 4) is 5.75 Å². The van der Waals surface area contributed by atoms with Crippen molar-refractivity contribution in [3.63, 3.8) is 0 Å². The van der Waals surface area contributed by atoms with Crippen LogP contribution in [0.5, 0.6) is 5.75 Å². The van der Waals surface area contributed by atoms with Crippen LogP contribution in [0.15, 0.2) is 18.2 Å². The molecule has 0 heterocycles. The molecule has 2 atom stereocenters. The van der Waals surface area contributed by atoms with Gasteiger partial charge in [-0.05, 0) is 78.6 Å². The number of aromatic hydroxyl groups is 1. The van der Waals surface area contributed by atoms with Gasteiger partial charge in [0, 0.05) is 17.8 Å². The summed E-state index contributed by atoms with van der Waals surface area (Å²) in [7, 11) is 0. The van der Waals surface area contributed by atoms with Gasteiger partial charge in [-0.3, -0.25) is 14.4 Å². The largest absolute Gasteiger partial charge is 0.508 e. The lowest BCUT2D eigenvalue weighted by molar-refractivity contribution is -0.148. The number of benzene rings is 1. The van der Waals surface area contributed by atoms with E-state index in [0.717, 1.165) is 0 Å². The fraction of sp³-hybridized carbons (Fsp3) is 0.615. The van der Waals surface area contributed by atoms with Gasteiger partial charge in [-0.2, -0.15) is 12.6 Å². The predicted octanol–water partition coefficient (Wildman–Crippen LogP) is 3.26. The van der Waals surface area contributed by atoms with Gasteiger partial charge in [0.15, 0.2) is 0 Å². The van der Waals surface area contributed by atoms with Crippen molar-refractivity contribution in [1.82, 2.24) is 15.5 Å². The normalized spacial score (nSPS) is 13.2. The van der Waals surface area contributed by atoms with Gasteiger partial charge in [-0.15, -0.1) is 0 Å². The maximum absolute atomic E-state index is 13.9. The second kappa shape index (κ2) is 13.6. The van der Waals surface area contributed by atoms with Crippen LogP contribution in [-0.2, 0) is 23.9 Å². The van der Waals surface area contributed by atoms with E-state index in [0.29, 0.717) is 11.1 Å². The van der Waals surface area contributed by atoms with Crippen molar-refractivity contribution >= 4 is 36.5 Å². The Labute approximate surface area is 224 Å². The highest BCUT2D eigenvalue weighted by molar-refractivity contribution is 7.80. The van der Waals surface area contributed by atoms with E-state index in [-0.39, 0.29) is 31.1 Å². The molecule has 2 unspecified atom stereocenters. The molecule has 0 aliphatic carbocycles. The van der Waals surface area contributed by atoms with Crippen LogP contribution < -0.4 is 10.6 Å². The SMILES string of the molecule is CCOC(=O)CCNC(=O)C(c1ccc(O)c(C)c1)N(C(=O)C(CS)NC(=O)OC(C)(C)C)C(C)(C)C. The van der Waals surface area contributed by atoms with Gasteiger partial charge in [-0.1, -0.05) is 6.07 Å². The summed E-state index contributed by atoms with van der Waals surface area (Å²) in [5.74, 6) is -1.55. The molecule has 3 amide bonds. The Balaban J connectivity index is 3.43. The summed E-state index contributed by atoms with van der Waals surface area (Å²) < 4.78 is 10.2. The average Bonchev–Trinajstić information content (AvgIpc) is 2.75. The summed E-state index contributed by atoms with van der Waals surface area (Å²) in [4.78, 5) is 53.0. The van der Waals surface area contributed by atoms with Gasteiger partial charge in [0.05, 0.1) is 13.0 Å². The van der Waals surface area contributed by atoms with Crippen molar-refractivity contribution in [2.45, 2.75) is 85.0 Å². The van der Waals surface area contributed by atoms with E-state index in [1.807, 2.05) is 0 Å². The zero-order valence-electron chi connectivity index (χ0n) is 23.0. The van der Waals surface area contributed by atoms with E-state index < -0.39 is 47.1 Å². The minimum atomic E-state index is -1.14. The molecule has 3 N–H and O–H groups in total. The third-order valence-corrected chi connectivity index (χ3v) is 5.47. The van der Waals surface area contributed by atoms with Crippen LogP contribution >= 0.6 is 12.6 Å². The van der Waals surface area contributed by atoms with Crippen molar-refractivity contribution in [3.05, 3.63) is 29.3 Å². The van der Waals surface area contributed by atoms with E-state index in [2.05, 4.69) is 23.3 Å². The summed E-state index contributed by atoms with van der Waals surface area (Å²) in [6.45, 7) is 14.0. The van der Waals surface area contributed by atoms with Gasteiger partial charge in [0.2, 0.25) is 11.8 Å². The van der Waals surface area contributed by atoms with Crippen LogP contribution in [-0.4, -0.2) is 70.0 Å². The average molecular weight is 540 g/mol. The number of carbonyl (C=O) groups excluding carboxylic acids is 4. The van der Waals surface area contributed by atoms with Gasteiger partial charge in [0.25, 0.3) is 0 Å². The number of hydrogen-bond acceptors (Lipinski definition) is 8. The molecule has 37 heavy (non-hydrogen) atoms. The summed E-state index contributed by atoms with van der Waals surface area (Å²) in [6.07, 6.45) is -0.825. The van der Waals surface area contributed by atoms with Crippen molar-refractivity contribution < 1.29 is 33.8 Å². The van der Waals surface area contributed by atoms with Gasteiger partial charge in [-0.25, -0.2) is 4.79 Å². The summed E-state index contributed by atoms with van der Waals surface area (Å²) >= 11 is 4.26. The second-order valence-corrected chi connectivity index (χ2v) is 10.9. The maximum atomic E-state index is 13.9. The molecule has 1 aromatic carbocycles. The summed E-state index contributed by atoms with van der Waals surface area (Å²) in [5, 5.41) is 15.3. The van der Waals surface area contributed by atoms with Crippen LogP contribution in [0.1, 0.15) is 72.1 Å². The third-order valence-electron chi connectivity index (χ3n) is 5.11. The number of nitrogens with one attached hydrogen (secondary N) is 2. The lowest BCUT2D eigenvalue weighted by atomic mass is 9.94. The Hall–Kier alpha value is -2.95. The number of aryl methyl sites for hydroxylation is 1. The smallest absolute Gasteiger partial charge is 0.408 e. The van der Waals surface area contributed by atoms with Gasteiger partial charge in [0.1, 0.15) is 23.4 Å². The second-order valence-electron chi connectivity index (χ2n) is 10.6. The van der Waals surface area contributed by atoms with E-state index in [4.69, 9.17) is 9.47 Å². The molecule has 0 aliphatic rings. The van der Waals surface area contributed by atoms with E-state index >= 15 is 0 Å². The topological polar surface area (TPSA) is 134 Å². The zero-order chi connectivity index (χ0) is 28.6. The summed E-state index contributed by atoms with van der Waals surface area (Å²) in [6, 6.07) is 2.39. The number of amides is 3. The van der Waals surface area contributed by atoms with Crippen LogP contribution in [0.3, 0.4) is 0 Å². The third kappa shape index (κ3) is 10.1. The molecule has 0 spiro atoms. The van der Waals surface area contributed by atoms with Crippen molar-refractivity contribution in [1.29, 1.82) is 0 Å². The maximum Gasteiger partial charge on any atom is 0.408 e. The lowest BCUT2D eigenvalue weighted by Crippen LogP contribution is -2.59. The van der Waals surface area contributed by atoms with Crippen LogP contribution in [0, 0.1) is 6.92 Å². The first-order valence-corrected chi connectivity index (χ1v) is 12.8. The first-order chi connectivity index (χ1) is 17.0. The molecule has 0 aliphatic heterocycles. The highest BCUT2D eigenvalue weighted by atomic mass is 32.1. The van der Waals surface area contributed by atoms with Crippen LogP contribution in [0.4, 0.5) is 4.79 Å². The predicted molar refractivity (Wildman–Crippen MR) is 143 cm³/mol. The molecule has 1 rings (SSSR count). The first-order valence-electron chi connectivity index (χ1n) is 12.2. The van der Waals surface area contributed by atoms with Crippen molar-refractivity contribution in [2.24, 2.45) is 0 Å². The monoisotopic (exact) mass is 539 g/mol. The number of phenols is 1. The Morgan fingerprint density at radius 3 is 2.22 bits per heavy atom. The van der Waals surface area contributed by atoms with Crippen LogP contribution in [0.2, 0.25) is 0 Å². The number of rotatable bonds is 10. The number of nitrogens with zero attached hydrogens (tertiary/aromatic N) is 1. The molecule has 0 saturated heterocycles. The van der Waals surface area contributed by atoms with Crippen molar-refractivity contribution in [2.75, 3.05) is 18.9 Å². The number of alkyl carbamates (subject to hydrolysis) is 1. The number of carbonyl (C=O) groups is 4. The molecule has 0 aromatic heterocycles. The molecule has 0 bridgehead atoms. The zero-order valence-corrected chi connectivity index (χ0v) is 23.9. The van der Waals surface area contributed by atoms with E-state index in [1.54, 1.807) is 67.5 Å². The van der Waals surface area contributed by atoms with E-state index in [9.17, 15) is 24.3 Å². The Morgan fingerprint density at radius 2 is 1.73 bits per heavy atom. The molecule has 0 saturated carbocycles. The minimum absolute atomic E-state index is 0.00353. The number of esters is 1. The quantitative estimate of drug-likeness (QED) is 0.265. The number of hydrogen-bond donors (Lipinski definition) is 4. The van der Waals surface area contributed by atoms with Crippen LogP contribution in [0.25, 0.3) is 0 Å². The highest BCUT2D eigenvalue weighted by Crippen LogP contribution is 2.32. The Kier molecular flexibility index (Phi) is 11.8. The number of phenolic OH excluding ortho intramolecular Hbond substituents is 1. The molecule has 0 radical (unpaired) electrons. The Bertz CT molecular complexity index is 970. The molecule has 0 fully saturated rings. The summed E-state index contributed by atoms with van der Waals surface area (Å²) in [5.41, 5.74) is -0.700. The Morgan fingerprint density at radius 1 is 1.11 bits per heavy atom. The fourth-order valence-electron chi connectivity index (χ4n) is 3.53. The standard InChI is InChI=1S/C26H41N3O7S/c1-9-35-20(31)12-13-27-22(32)21(17-10-11-19(30)16(2)14-17)29(25(3,4)5)23(33)18(15-37)28-24(34)36-26(6,7)8/h10-11,14,18,21,30,37H,9,12-13,15H2,1-8H3,(H,27,32)(H,28,34). The fourth-order valence-corrected chi connectivity index (χ4v) is 3.78. The molecule has 11 heteroatoms. The first kappa shape index (κ1) is 32.1. The minimum Gasteiger partial charge on any atom is -0.508 e. The number of thiol groups is 1. The van der Waals surface area contributed by atoms with E-state index in [1.165, 1.54) is 11.0 Å². The number of ether oxygens (including phenoxy) is 2. The highest BCUT2D eigenvalue weighted by Gasteiger charge is 2.41. The van der Waals surface area contributed by atoms with Gasteiger partial charge >= 0.3 is 12.1 Å². The molecular formula is C26H41N3O7S. The molecule has 10 nitrogen and oxygen atoms in total. The van der Waals surface area contributed by atoms with Gasteiger partial charge < -0.3 is 30.1 Å². The molecule has 208 valence electrons. The lowest BCUT2D eigenvalue weighted by Gasteiger charge is -2.43. The molecular weight excluding hydrogens is 498 g/mol.